The molecule has 1 amide bonds. The summed E-state index contributed by atoms with van der Waals surface area (Å²) < 4.78 is 10.9. The van der Waals surface area contributed by atoms with Crippen LogP contribution in [-0.4, -0.2) is 30.3 Å². The van der Waals surface area contributed by atoms with Crippen molar-refractivity contribution in [1.82, 2.24) is 5.32 Å². The van der Waals surface area contributed by atoms with Crippen molar-refractivity contribution >= 4 is 5.91 Å². The molecule has 0 saturated heterocycles. The predicted molar refractivity (Wildman–Crippen MR) is 81.6 cm³/mol. The zero-order chi connectivity index (χ0) is 16.0. The molecule has 0 bridgehead atoms. The number of aliphatic hydroxyl groups is 1. The Balaban J connectivity index is 2.87. The summed E-state index contributed by atoms with van der Waals surface area (Å²) in [5, 5.41) is 12.7. The number of carbonyl (C=O) groups excluding carboxylic acids is 1. The lowest BCUT2D eigenvalue weighted by Crippen LogP contribution is -2.41. The molecule has 3 atom stereocenters. The Kier molecular flexibility index (Phi) is 6.49. The number of ether oxygens (including phenoxy) is 2. The fourth-order valence-electron chi connectivity index (χ4n) is 1.80. The minimum absolute atomic E-state index is 0.102. The Morgan fingerprint density at radius 3 is 2.52 bits per heavy atom. The third-order valence-corrected chi connectivity index (χ3v) is 3.34. The van der Waals surface area contributed by atoms with Crippen molar-refractivity contribution in [3.05, 3.63) is 23.8 Å². The molecule has 1 rings (SSSR count). The second-order valence-electron chi connectivity index (χ2n) is 5.16. The van der Waals surface area contributed by atoms with Gasteiger partial charge in [0.1, 0.15) is 11.5 Å². The van der Waals surface area contributed by atoms with Crippen LogP contribution in [0.2, 0.25) is 0 Å². The summed E-state index contributed by atoms with van der Waals surface area (Å²) in [7, 11) is 1.56. The van der Waals surface area contributed by atoms with Crippen molar-refractivity contribution in [3.8, 4) is 11.5 Å². The molecule has 0 aliphatic carbocycles. The lowest BCUT2D eigenvalue weighted by atomic mass is 10.1. The fourth-order valence-corrected chi connectivity index (χ4v) is 1.80. The zero-order valence-corrected chi connectivity index (χ0v) is 13.3. The van der Waals surface area contributed by atoms with Crippen LogP contribution in [0.5, 0.6) is 11.5 Å². The summed E-state index contributed by atoms with van der Waals surface area (Å²) >= 11 is 0. The van der Waals surface area contributed by atoms with E-state index in [0.717, 1.165) is 6.42 Å². The van der Waals surface area contributed by atoms with Crippen molar-refractivity contribution in [2.75, 3.05) is 7.11 Å². The third-order valence-electron chi connectivity index (χ3n) is 3.34. The monoisotopic (exact) mass is 295 g/mol. The first-order chi connectivity index (χ1) is 9.88. The summed E-state index contributed by atoms with van der Waals surface area (Å²) in [6.07, 6.45) is -0.476. The fraction of sp³-hybridized carbons (Fsp3) is 0.562. The third kappa shape index (κ3) is 4.93. The van der Waals surface area contributed by atoms with Gasteiger partial charge in [-0.05, 0) is 39.3 Å². The van der Waals surface area contributed by atoms with Crippen molar-refractivity contribution in [2.24, 2.45) is 0 Å². The minimum atomic E-state index is -0.685. The highest BCUT2D eigenvalue weighted by atomic mass is 16.5. The van der Waals surface area contributed by atoms with Crippen LogP contribution in [-0.2, 0) is 4.79 Å². The number of amides is 1. The normalized spacial score (nSPS) is 15.0. The van der Waals surface area contributed by atoms with Crippen molar-refractivity contribution in [1.29, 1.82) is 0 Å². The van der Waals surface area contributed by atoms with E-state index in [1.165, 1.54) is 0 Å². The number of methoxy groups -OCH3 is 1. The van der Waals surface area contributed by atoms with Gasteiger partial charge in [-0.25, -0.2) is 0 Å². The maximum atomic E-state index is 12.0. The molecule has 118 valence electrons. The molecule has 0 spiro atoms. The van der Waals surface area contributed by atoms with E-state index in [9.17, 15) is 9.90 Å². The molecule has 0 radical (unpaired) electrons. The van der Waals surface area contributed by atoms with E-state index in [4.69, 9.17) is 9.47 Å². The second-order valence-corrected chi connectivity index (χ2v) is 5.16. The topological polar surface area (TPSA) is 67.8 Å². The highest BCUT2D eigenvalue weighted by Crippen LogP contribution is 2.30. The van der Waals surface area contributed by atoms with Gasteiger partial charge in [0.15, 0.2) is 6.10 Å². The first-order valence-electron chi connectivity index (χ1n) is 7.22. The molecule has 0 heterocycles. The molecule has 1 aromatic carbocycles. The summed E-state index contributed by atoms with van der Waals surface area (Å²) in [6.45, 7) is 7.28. The van der Waals surface area contributed by atoms with Gasteiger partial charge in [0.25, 0.3) is 5.91 Å². The molecule has 0 aliphatic heterocycles. The van der Waals surface area contributed by atoms with E-state index in [-0.39, 0.29) is 11.9 Å². The molecule has 21 heavy (non-hydrogen) atoms. The molecule has 5 heteroatoms. The highest BCUT2D eigenvalue weighted by molar-refractivity contribution is 5.81. The number of rotatable bonds is 7. The van der Waals surface area contributed by atoms with Crippen LogP contribution in [0.25, 0.3) is 0 Å². The number of benzene rings is 1. The largest absolute Gasteiger partial charge is 0.497 e. The predicted octanol–water partition coefficient (Wildman–Crippen LogP) is 2.43. The molecular weight excluding hydrogens is 270 g/mol. The molecular formula is C16H25NO4. The van der Waals surface area contributed by atoms with E-state index in [1.807, 2.05) is 13.8 Å². The number of nitrogens with one attached hydrogen (secondary N) is 1. The maximum absolute atomic E-state index is 12.0. The van der Waals surface area contributed by atoms with E-state index >= 15 is 0 Å². The summed E-state index contributed by atoms with van der Waals surface area (Å²) in [6, 6.07) is 5.26. The molecule has 5 nitrogen and oxygen atoms in total. The quantitative estimate of drug-likeness (QED) is 0.810. The first-order valence-corrected chi connectivity index (χ1v) is 7.22. The van der Waals surface area contributed by atoms with Crippen LogP contribution in [0.15, 0.2) is 18.2 Å². The standard InChI is InChI=1S/C16H25NO4/c1-6-10(2)17-16(19)12(4)21-15-9-13(20-5)7-8-14(15)11(3)18/h7-12,18H,6H2,1-5H3,(H,17,19). The van der Waals surface area contributed by atoms with Gasteiger partial charge in [-0.2, -0.15) is 0 Å². The van der Waals surface area contributed by atoms with Crippen LogP contribution in [0.3, 0.4) is 0 Å². The molecule has 3 unspecified atom stereocenters. The van der Waals surface area contributed by atoms with Crippen LogP contribution in [0.4, 0.5) is 0 Å². The molecule has 2 N–H and O–H groups in total. The van der Waals surface area contributed by atoms with Gasteiger partial charge in [0.05, 0.1) is 13.2 Å². The number of hydrogen-bond acceptors (Lipinski definition) is 4. The summed E-state index contributed by atoms with van der Waals surface area (Å²) in [4.78, 5) is 12.0. The maximum Gasteiger partial charge on any atom is 0.260 e. The van der Waals surface area contributed by atoms with E-state index < -0.39 is 12.2 Å². The van der Waals surface area contributed by atoms with Gasteiger partial charge in [0.2, 0.25) is 0 Å². The Morgan fingerprint density at radius 1 is 1.33 bits per heavy atom. The average molecular weight is 295 g/mol. The number of carbonyl (C=O) groups is 1. The van der Waals surface area contributed by atoms with Gasteiger partial charge in [-0.15, -0.1) is 0 Å². The Morgan fingerprint density at radius 2 is 2.00 bits per heavy atom. The summed E-state index contributed by atoms with van der Waals surface area (Å²) in [5.74, 6) is 0.892. The SMILES string of the molecule is CCC(C)NC(=O)C(C)Oc1cc(OC)ccc1C(C)O. The summed E-state index contributed by atoms with van der Waals surface area (Å²) in [5.41, 5.74) is 0.624. The van der Waals surface area contributed by atoms with E-state index in [2.05, 4.69) is 5.32 Å². The van der Waals surface area contributed by atoms with E-state index in [1.54, 1.807) is 39.2 Å². The van der Waals surface area contributed by atoms with Gasteiger partial charge in [0, 0.05) is 17.7 Å². The molecule has 1 aromatic rings. The van der Waals surface area contributed by atoms with Gasteiger partial charge in [-0.3, -0.25) is 4.79 Å². The molecule has 0 aliphatic rings. The second kappa shape index (κ2) is 7.88. The minimum Gasteiger partial charge on any atom is -0.497 e. The number of aliphatic hydroxyl groups excluding tert-OH is 1. The average Bonchev–Trinajstić information content (AvgIpc) is 2.46. The van der Waals surface area contributed by atoms with Crippen molar-refractivity contribution in [3.63, 3.8) is 0 Å². The van der Waals surface area contributed by atoms with Crippen LogP contribution in [0, 0.1) is 0 Å². The van der Waals surface area contributed by atoms with Crippen LogP contribution >= 0.6 is 0 Å². The highest BCUT2D eigenvalue weighted by Gasteiger charge is 2.19. The first kappa shape index (κ1) is 17.3. The van der Waals surface area contributed by atoms with Crippen LogP contribution in [0.1, 0.15) is 45.8 Å². The van der Waals surface area contributed by atoms with Gasteiger partial charge in [-0.1, -0.05) is 6.92 Å². The molecule has 0 saturated carbocycles. The molecule has 0 aromatic heterocycles. The van der Waals surface area contributed by atoms with Crippen molar-refractivity contribution in [2.45, 2.75) is 52.4 Å². The zero-order valence-electron chi connectivity index (χ0n) is 13.3. The Hall–Kier alpha value is -1.75. The van der Waals surface area contributed by atoms with Gasteiger partial charge < -0.3 is 19.9 Å². The Bertz CT molecular complexity index is 473. The lowest BCUT2D eigenvalue weighted by molar-refractivity contribution is -0.127. The smallest absolute Gasteiger partial charge is 0.260 e. The van der Waals surface area contributed by atoms with E-state index in [0.29, 0.717) is 17.1 Å². The lowest BCUT2D eigenvalue weighted by Gasteiger charge is -2.20. The van der Waals surface area contributed by atoms with Crippen molar-refractivity contribution < 1.29 is 19.4 Å². The van der Waals surface area contributed by atoms with Crippen LogP contribution < -0.4 is 14.8 Å². The Labute approximate surface area is 126 Å². The van der Waals surface area contributed by atoms with Gasteiger partial charge >= 0.3 is 0 Å². The molecule has 0 fully saturated rings. The number of hydrogen-bond donors (Lipinski definition) is 2.